The molecule has 7 heteroatoms. The maximum Gasteiger partial charge on any atom is 0.276 e. The lowest BCUT2D eigenvalue weighted by atomic mass is 10.1. The lowest BCUT2D eigenvalue weighted by Gasteiger charge is -2.34. The quantitative estimate of drug-likeness (QED) is 0.566. The first-order chi connectivity index (χ1) is 16.2. The number of thioether (sulfide) groups is 1. The zero-order valence-corrected chi connectivity index (χ0v) is 19.1. The van der Waals surface area contributed by atoms with Crippen molar-refractivity contribution in [3.8, 4) is 11.5 Å². The highest BCUT2D eigenvalue weighted by atomic mass is 32.2. The topological polar surface area (TPSA) is 66.3 Å². The number of hydrogen-bond acceptors (Lipinski definition) is 6. The van der Waals surface area contributed by atoms with Crippen molar-refractivity contribution in [2.24, 2.45) is 10.1 Å². The van der Waals surface area contributed by atoms with Gasteiger partial charge in [0.25, 0.3) is 5.91 Å². The number of amides is 1. The molecule has 1 amide bonds. The molecule has 0 spiro atoms. The first-order valence-electron chi connectivity index (χ1n) is 11.0. The van der Waals surface area contributed by atoms with Crippen LogP contribution in [0.2, 0.25) is 0 Å². The van der Waals surface area contributed by atoms with E-state index in [-0.39, 0.29) is 5.91 Å². The van der Waals surface area contributed by atoms with Gasteiger partial charge in [0.1, 0.15) is 17.2 Å². The van der Waals surface area contributed by atoms with Crippen LogP contribution in [0, 0.1) is 0 Å². The standard InChI is InChI=1S/C26H24N4O2S/c1-2-3-16-33-26-28-25(31)23-21-14-7-8-15-22(21)27-24(30(23)29-26)18-10-9-13-20(17-18)32-19-11-5-4-6-12-19/h4-15,17,24H,2-3,16H2,1H3,(H,28,29,31)/t24-/m1/s1. The van der Waals surface area contributed by atoms with Crippen molar-refractivity contribution in [2.45, 2.75) is 25.9 Å². The molecule has 33 heavy (non-hydrogen) atoms. The molecule has 0 aromatic heterocycles. The van der Waals surface area contributed by atoms with Crippen molar-refractivity contribution in [1.82, 2.24) is 10.3 Å². The molecular formula is C26H24N4O2S. The molecule has 0 bridgehead atoms. The number of amidine groups is 1. The van der Waals surface area contributed by atoms with Crippen LogP contribution in [0.25, 0.3) is 5.70 Å². The van der Waals surface area contributed by atoms with Gasteiger partial charge in [-0.2, -0.15) is 0 Å². The van der Waals surface area contributed by atoms with Gasteiger partial charge in [-0.25, -0.2) is 5.01 Å². The van der Waals surface area contributed by atoms with Gasteiger partial charge in [-0.05, 0) is 36.8 Å². The maximum absolute atomic E-state index is 13.2. The van der Waals surface area contributed by atoms with E-state index in [9.17, 15) is 4.79 Å². The normalized spacial score (nSPS) is 16.8. The van der Waals surface area contributed by atoms with Crippen molar-refractivity contribution >= 4 is 28.5 Å². The fraction of sp³-hybridized carbons (Fsp3) is 0.192. The Bertz CT molecular complexity index is 1320. The molecule has 1 N–H and O–H groups in total. The Morgan fingerprint density at radius 3 is 2.64 bits per heavy atom. The summed E-state index contributed by atoms with van der Waals surface area (Å²) < 4.78 is 6.04. The zero-order chi connectivity index (χ0) is 22.6. The molecule has 1 atom stereocenters. The first-order valence-corrected chi connectivity index (χ1v) is 12.0. The van der Waals surface area contributed by atoms with E-state index in [0.717, 1.165) is 40.5 Å². The number of benzene rings is 3. The Hall–Kier alpha value is -3.58. The fourth-order valence-electron chi connectivity index (χ4n) is 3.79. The Labute approximate surface area is 196 Å². The molecule has 2 aliphatic heterocycles. The van der Waals surface area contributed by atoms with E-state index in [2.05, 4.69) is 12.2 Å². The van der Waals surface area contributed by atoms with Crippen LogP contribution in [-0.2, 0) is 4.79 Å². The Kier molecular flexibility index (Phi) is 6.13. The van der Waals surface area contributed by atoms with Crippen molar-refractivity contribution < 1.29 is 9.53 Å². The highest BCUT2D eigenvalue weighted by molar-refractivity contribution is 8.13. The lowest BCUT2D eigenvalue weighted by Crippen LogP contribution is -2.50. The third kappa shape index (κ3) is 4.50. The van der Waals surface area contributed by atoms with Crippen LogP contribution in [0.4, 0.5) is 0 Å². The highest BCUT2D eigenvalue weighted by Crippen LogP contribution is 2.33. The first kappa shape index (κ1) is 21.3. The van der Waals surface area contributed by atoms with Crippen molar-refractivity contribution in [3.63, 3.8) is 0 Å². The van der Waals surface area contributed by atoms with Crippen LogP contribution in [0.15, 0.2) is 89.0 Å². The molecule has 3 aromatic carbocycles. The molecule has 0 aliphatic carbocycles. The predicted molar refractivity (Wildman–Crippen MR) is 131 cm³/mol. The number of ether oxygens (including phenoxy) is 1. The number of carbonyl (C=O) groups is 1. The van der Waals surface area contributed by atoms with Gasteiger partial charge in [0, 0.05) is 16.5 Å². The van der Waals surface area contributed by atoms with E-state index in [1.807, 2.05) is 78.9 Å². The van der Waals surface area contributed by atoms with Crippen molar-refractivity contribution in [1.29, 1.82) is 0 Å². The summed E-state index contributed by atoms with van der Waals surface area (Å²) in [6.45, 7) is 2.15. The van der Waals surface area contributed by atoms with E-state index in [1.54, 1.807) is 16.8 Å². The van der Waals surface area contributed by atoms with Crippen LogP contribution in [0.5, 0.6) is 11.5 Å². The van der Waals surface area contributed by atoms with E-state index in [4.69, 9.17) is 14.8 Å². The summed E-state index contributed by atoms with van der Waals surface area (Å²) in [4.78, 5) is 18.1. The third-order valence-electron chi connectivity index (χ3n) is 5.39. The Morgan fingerprint density at radius 2 is 1.79 bits per heavy atom. The fourth-order valence-corrected chi connectivity index (χ4v) is 4.72. The van der Waals surface area contributed by atoms with Gasteiger partial charge < -0.3 is 4.74 Å². The number of hydrogen-bond donors (Lipinski definition) is 1. The molecule has 166 valence electrons. The summed E-state index contributed by atoms with van der Waals surface area (Å²) in [7, 11) is 0. The van der Waals surface area contributed by atoms with Crippen molar-refractivity contribution in [2.75, 3.05) is 5.75 Å². The summed E-state index contributed by atoms with van der Waals surface area (Å²) >= 11 is 1.56. The molecular weight excluding hydrogens is 432 g/mol. The van der Waals surface area contributed by atoms with Crippen LogP contribution in [-0.4, -0.2) is 21.8 Å². The predicted octanol–water partition coefficient (Wildman–Crippen LogP) is 4.16. The Morgan fingerprint density at radius 1 is 1.00 bits per heavy atom. The molecule has 0 fully saturated rings. The molecule has 5 rings (SSSR count). The minimum atomic E-state index is -0.470. The number of carbonyl (C=O) groups excluding carboxylic acids is 1. The van der Waals surface area contributed by atoms with Crippen LogP contribution in [0.3, 0.4) is 0 Å². The lowest BCUT2D eigenvalue weighted by molar-refractivity contribution is -0.116. The number of fused-ring (bicyclic) bond motifs is 2. The number of para-hydroxylation sites is 2. The number of hydrazone groups is 1. The second kappa shape index (κ2) is 9.50. The van der Waals surface area contributed by atoms with Crippen LogP contribution < -0.4 is 20.6 Å². The maximum atomic E-state index is 13.2. The highest BCUT2D eigenvalue weighted by Gasteiger charge is 2.34. The van der Waals surface area contributed by atoms with E-state index in [1.165, 1.54) is 0 Å². The molecule has 0 saturated carbocycles. The molecule has 0 saturated heterocycles. The van der Waals surface area contributed by atoms with Crippen LogP contribution >= 0.6 is 11.8 Å². The number of unbranched alkanes of at least 4 members (excludes halogenated alkanes) is 1. The molecule has 0 radical (unpaired) electrons. The SMILES string of the molecule is CCCCSC1=NN2C(=c3ccccc3=N[C@H]2c2cccc(Oc3ccccc3)c2)C(=O)N1. The summed E-state index contributed by atoms with van der Waals surface area (Å²) in [5, 5.41) is 11.7. The second-order valence-electron chi connectivity index (χ2n) is 7.76. The monoisotopic (exact) mass is 456 g/mol. The van der Waals surface area contributed by atoms with Gasteiger partial charge in [0.2, 0.25) is 0 Å². The number of nitrogens with zero attached hydrogens (tertiary/aromatic N) is 3. The van der Waals surface area contributed by atoms with Crippen LogP contribution in [0.1, 0.15) is 31.5 Å². The minimum Gasteiger partial charge on any atom is -0.457 e. The van der Waals surface area contributed by atoms with Gasteiger partial charge in [-0.1, -0.05) is 73.6 Å². The van der Waals surface area contributed by atoms with E-state index in [0.29, 0.717) is 16.6 Å². The van der Waals surface area contributed by atoms with Gasteiger partial charge in [0.05, 0.1) is 5.36 Å². The van der Waals surface area contributed by atoms with Gasteiger partial charge in [-0.3, -0.25) is 15.1 Å². The largest absolute Gasteiger partial charge is 0.457 e. The second-order valence-corrected chi connectivity index (χ2v) is 8.85. The van der Waals surface area contributed by atoms with Crippen molar-refractivity contribution in [3.05, 3.63) is 95.0 Å². The average molecular weight is 457 g/mol. The summed E-state index contributed by atoms with van der Waals surface area (Å²) in [6.07, 6.45) is 1.68. The molecule has 2 heterocycles. The smallest absolute Gasteiger partial charge is 0.276 e. The number of rotatable bonds is 6. The molecule has 6 nitrogen and oxygen atoms in total. The van der Waals surface area contributed by atoms with Gasteiger partial charge in [0.15, 0.2) is 11.3 Å². The summed E-state index contributed by atoms with van der Waals surface area (Å²) in [5.41, 5.74) is 1.41. The Balaban J connectivity index is 1.56. The van der Waals surface area contributed by atoms with Gasteiger partial charge in [-0.15, -0.1) is 5.10 Å². The third-order valence-corrected chi connectivity index (χ3v) is 6.34. The number of nitrogens with one attached hydrogen (secondary N) is 1. The van der Waals surface area contributed by atoms with E-state index >= 15 is 0 Å². The van der Waals surface area contributed by atoms with Gasteiger partial charge >= 0.3 is 0 Å². The van der Waals surface area contributed by atoms with E-state index < -0.39 is 6.17 Å². The molecule has 2 aliphatic rings. The molecule has 0 unspecified atom stereocenters. The summed E-state index contributed by atoms with van der Waals surface area (Å²) in [5.74, 6) is 2.21. The zero-order valence-electron chi connectivity index (χ0n) is 18.3. The average Bonchev–Trinajstić information content (AvgIpc) is 2.84. The summed E-state index contributed by atoms with van der Waals surface area (Å²) in [6, 6.07) is 25.1. The minimum absolute atomic E-state index is 0.159. The molecule has 3 aromatic rings.